The van der Waals surface area contributed by atoms with Crippen LogP contribution in [0.1, 0.15) is 77.6 Å². The maximum absolute atomic E-state index is 11.0. The van der Waals surface area contributed by atoms with E-state index in [1.807, 2.05) is 0 Å². The van der Waals surface area contributed by atoms with Crippen LogP contribution in [0.2, 0.25) is 0 Å². The molecule has 108 valence electrons. The van der Waals surface area contributed by atoms with Gasteiger partial charge in [-0.3, -0.25) is 0 Å². The lowest BCUT2D eigenvalue weighted by molar-refractivity contribution is -0.157. The van der Waals surface area contributed by atoms with E-state index in [2.05, 4.69) is 6.92 Å². The average molecular weight is 262 g/mol. The minimum atomic E-state index is 0.0147. The van der Waals surface area contributed by atoms with Gasteiger partial charge >= 0.3 is 0 Å². The molecule has 0 radical (unpaired) electrons. The van der Waals surface area contributed by atoms with E-state index < -0.39 is 0 Å². The van der Waals surface area contributed by atoms with Crippen molar-refractivity contribution in [2.24, 2.45) is 28.6 Å². The molecule has 1 N–H and O–H groups in total. The van der Waals surface area contributed by atoms with E-state index in [9.17, 15) is 5.11 Å². The summed E-state index contributed by atoms with van der Waals surface area (Å²) in [5, 5.41) is 11.0. The summed E-state index contributed by atoms with van der Waals surface area (Å²) in [6.07, 6.45) is 15.2. The lowest BCUT2D eigenvalue weighted by Crippen LogP contribution is -2.55. The van der Waals surface area contributed by atoms with Gasteiger partial charge in [0.05, 0.1) is 6.10 Å². The normalized spacial score (nSPS) is 50.8. The molecule has 0 amide bonds. The molecule has 0 aromatic rings. The fourth-order valence-electron chi connectivity index (χ4n) is 7.00. The Kier molecular flexibility index (Phi) is 2.82. The van der Waals surface area contributed by atoms with Crippen molar-refractivity contribution in [2.75, 3.05) is 0 Å². The molecule has 5 saturated carbocycles. The molecular formula is C18H30O. The third kappa shape index (κ3) is 2.07. The Bertz CT molecular complexity index is 341. The molecule has 4 bridgehead atoms. The zero-order valence-corrected chi connectivity index (χ0v) is 12.5. The molecule has 3 unspecified atom stereocenters. The fourth-order valence-corrected chi connectivity index (χ4v) is 7.00. The predicted octanol–water partition coefficient (Wildman–Crippen LogP) is 4.53. The average Bonchev–Trinajstić information content (AvgIpc) is 2.78. The summed E-state index contributed by atoms with van der Waals surface area (Å²) >= 11 is 0. The number of aliphatic hydroxyl groups is 1. The fraction of sp³-hybridized carbons (Fsp3) is 1.00. The molecule has 0 aliphatic heterocycles. The van der Waals surface area contributed by atoms with Gasteiger partial charge in [-0.15, -0.1) is 0 Å². The maximum Gasteiger partial charge on any atom is 0.0599 e. The van der Waals surface area contributed by atoms with Crippen molar-refractivity contribution in [3.63, 3.8) is 0 Å². The van der Waals surface area contributed by atoms with Gasteiger partial charge in [0, 0.05) is 0 Å². The van der Waals surface area contributed by atoms with E-state index in [4.69, 9.17) is 0 Å². The van der Waals surface area contributed by atoms with E-state index in [0.717, 1.165) is 24.2 Å². The van der Waals surface area contributed by atoms with Gasteiger partial charge in [-0.25, -0.2) is 0 Å². The van der Waals surface area contributed by atoms with Crippen LogP contribution in [0.15, 0.2) is 0 Å². The molecule has 0 aromatic heterocycles. The number of aliphatic hydroxyl groups excluding tert-OH is 1. The summed E-state index contributed by atoms with van der Waals surface area (Å²) in [7, 11) is 0. The van der Waals surface area contributed by atoms with Crippen LogP contribution in [0.5, 0.6) is 0 Å². The summed E-state index contributed by atoms with van der Waals surface area (Å²) in [6, 6.07) is 0. The molecule has 1 nitrogen and oxygen atoms in total. The first-order valence-electron chi connectivity index (χ1n) is 8.75. The van der Waals surface area contributed by atoms with Gasteiger partial charge < -0.3 is 5.11 Å². The molecule has 0 saturated heterocycles. The molecule has 1 heteroatoms. The van der Waals surface area contributed by atoms with Gasteiger partial charge in [0.1, 0.15) is 0 Å². The smallest absolute Gasteiger partial charge is 0.0599 e. The Morgan fingerprint density at radius 3 is 2.26 bits per heavy atom. The standard InChI is InChI=1S/C18H30O/c1-17-8-14-6-15(9-17)11-18(10-14,12-17)16(19)7-13-4-2-3-5-13/h13-16,19H,2-12H2,1H3. The van der Waals surface area contributed by atoms with E-state index in [0.29, 0.717) is 10.8 Å². The minimum Gasteiger partial charge on any atom is -0.393 e. The molecule has 5 aliphatic carbocycles. The minimum absolute atomic E-state index is 0.0147. The molecule has 0 aromatic carbocycles. The largest absolute Gasteiger partial charge is 0.393 e. The Hall–Kier alpha value is -0.0400. The highest BCUT2D eigenvalue weighted by Crippen LogP contribution is 2.66. The Balaban J connectivity index is 1.52. The van der Waals surface area contributed by atoms with Crippen LogP contribution < -0.4 is 0 Å². The lowest BCUT2D eigenvalue weighted by Gasteiger charge is -2.63. The van der Waals surface area contributed by atoms with Gasteiger partial charge in [0.25, 0.3) is 0 Å². The molecule has 5 fully saturated rings. The zero-order valence-electron chi connectivity index (χ0n) is 12.5. The second-order valence-corrected chi connectivity index (χ2v) is 9.04. The predicted molar refractivity (Wildman–Crippen MR) is 77.8 cm³/mol. The van der Waals surface area contributed by atoms with Crippen molar-refractivity contribution < 1.29 is 5.11 Å². The molecule has 3 atom stereocenters. The first-order valence-corrected chi connectivity index (χ1v) is 8.75. The number of hydrogen-bond acceptors (Lipinski definition) is 1. The van der Waals surface area contributed by atoms with E-state index >= 15 is 0 Å². The summed E-state index contributed by atoms with van der Waals surface area (Å²) in [6.45, 7) is 2.52. The highest BCUT2D eigenvalue weighted by Gasteiger charge is 2.58. The van der Waals surface area contributed by atoms with Crippen LogP contribution in [0.4, 0.5) is 0 Å². The Morgan fingerprint density at radius 2 is 1.68 bits per heavy atom. The van der Waals surface area contributed by atoms with Crippen molar-refractivity contribution in [3.05, 3.63) is 0 Å². The van der Waals surface area contributed by atoms with E-state index in [1.54, 1.807) is 0 Å². The highest BCUT2D eigenvalue weighted by atomic mass is 16.3. The van der Waals surface area contributed by atoms with Crippen molar-refractivity contribution in [3.8, 4) is 0 Å². The van der Waals surface area contributed by atoms with Crippen LogP contribution in [-0.2, 0) is 0 Å². The number of rotatable bonds is 3. The van der Waals surface area contributed by atoms with Crippen molar-refractivity contribution in [1.29, 1.82) is 0 Å². The summed E-state index contributed by atoms with van der Waals surface area (Å²) in [5.41, 5.74) is 0.919. The van der Waals surface area contributed by atoms with Crippen molar-refractivity contribution in [2.45, 2.75) is 83.7 Å². The lowest BCUT2D eigenvalue weighted by atomic mass is 9.43. The molecular weight excluding hydrogens is 232 g/mol. The van der Waals surface area contributed by atoms with Crippen LogP contribution >= 0.6 is 0 Å². The molecule has 5 rings (SSSR count). The molecule has 19 heavy (non-hydrogen) atoms. The second-order valence-electron chi connectivity index (χ2n) is 9.04. The number of hydrogen-bond donors (Lipinski definition) is 1. The van der Waals surface area contributed by atoms with Crippen molar-refractivity contribution >= 4 is 0 Å². The molecule has 0 heterocycles. The third-order valence-corrected chi connectivity index (χ3v) is 7.14. The van der Waals surface area contributed by atoms with Gasteiger partial charge in [-0.2, -0.15) is 0 Å². The topological polar surface area (TPSA) is 20.2 Å². The van der Waals surface area contributed by atoms with Gasteiger partial charge in [0.15, 0.2) is 0 Å². The maximum atomic E-state index is 11.0. The SMILES string of the molecule is CC12CC3CC(C1)CC(C(O)CC1CCCC1)(C3)C2. The van der Waals surface area contributed by atoms with Crippen LogP contribution in [0, 0.1) is 28.6 Å². The Labute approximate surface area is 118 Å². The quantitative estimate of drug-likeness (QED) is 0.792. The van der Waals surface area contributed by atoms with Crippen molar-refractivity contribution in [1.82, 2.24) is 0 Å². The first-order chi connectivity index (χ1) is 9.07. The monoisotopic (exact) mass is 262 g/mol. The van der Waals surface area contributed by atoms with Crippen LogP contribution in [0.3, 0.4) is 0 Å². The Morgan fingerprint density at radius 1 is 1.05 bits per heavy atom. The second kappa shape index (κ2) is 4.23. The third-order valence-electron chi connectivity index (χ3n) is 7.14. The first kappa shape index (κ1) is 12.7. The summed E-state index contributed by atoms with van der Waals surface area (Å²) in [5.74, 6) is 2.74. The van der Waals surface area contributed by atoms with Gasteiger partial charge in [-0.1, -0.05) is 32.6 Å². The van der Waals surface area contributed by atoms with Crippen LogP contribution in [0.25, 0.3) is 0 Å². The summed E-state index contributed by atoms with van der Waals surface area (Å²) in [4.78, 5) is 0. The highest BCUT2D eigenvalue weighted by molar-refractivity contribution is 5.08. The zero-order chi connectivity index (χ0) is 13.1. The summed E-state index contributed by atoms with van der Waals surface area (Å²) < 4.78 is 0. The van der Waals surface area contributed by atoms with Gasteiger partial charge in [-0.05, 0) is 73.5 Å². The van der Waals surface area contributed by atoms with E-state index in [1.165, 1.54) is 64.2 Å². The van der Waals surface area contributed by atoms with Gasteiger partial charge in [0.2, 0.25) is 0 Å². The molecule has 0 spiro atoms. The molecule has 5 aliphatic rings. The van der Waals surface area contributed by atoms with E-state index in [-0.39, 0.29) is 6.10 Å². The van der Waals surface area contributed by atoms with Crippen LogP contribution in [-0.4, -0.2) is 11.2 Å².